The van der Waals surface area contributed by atoms with Gasteiger partial charge >= 0.3 is 0 Å². The Hall–Kier alpha value is -2.07. The lowest BCUT2D eigenvalue weighted by Gasteiger charge is -2.07. The number of benzene rings is 2. The van der Waals surface area contributed by atoms with Gasteiger partial charge in [-0.1, -0.05) is 35.9 Å². The number of nitrogens with two attached hydrogens (primary N) is 1. The van der Waals surface area contributed by atoms with E-state index in [1.165, 1.54) is 10.5 Å². The second kappa shape index (κ2) is 6.79. The monoisotopic (exact) mass is 309 g/mol. The number of para-hydroxylation sites is 1. The average Bonchev–Trinajstić information content (AvgIpc) is 2.53. The first-order chi connectivity index (χ1) is 10.7. The molecule has 0 fully saturated rings. The number of thioether (sulfide) groups is 1. The summed E-state index contributed by atoms with van der Waals surface area (Å²) in [5, 5.41) is 1.11. The van der Waals surface area contributed by atoms with Crippen LogP contribution in [-0.2, 0) is 6.42 Å². The van der Waals surface area contributed by atoms with Gasteiger partial charge in [0.15, 0.2) is 0 Å². The van der Waals surface area contributed by atoms with Crippen molar-refractivity contribution in [1.29, 1.82) is 0 Å². The molecule has 22 heavy (non-hydrogen) atoms. The molecule has 3 aromatic rings. The Labute approximate surface area is 135 Å². The van der Waals surface area contributed by atoms with Crippen LogP contribution in [-0.4, -0.2) is 15.7 Å². The number of hydrogen-bond donors (Lipinski definition) is 1. The molecule has 2 N–H and O–H groups in total. The lowest BCUT2D eigenvalue weighted by molar-refractivity contribution is 0.899. The Morgan fingerprint density at radius 1 is 1.00 bits per heavy atom. The number of rotatable bonds is 5. The van der Waals surface area contributed by atoms with Gasteiger partial charge in [0.1, 0.15) is 0 Å². The van der Waals surface area contributed by atoms with Crippen molar-refractivity contribution in [3.05, 3.63) is 59.8 Å². The van der Waals surface area contributed by atoms with Crippen LogP contribution in [0.1, 0.15) is 17.7 Å². The van der Waals surface area contributed by atoms with Gasteiger partial charge in [-0.25, -0.2) is 9.97 Å². The number of nitrogen functional groups attached to an aromatic ring is 1. The molecule has 0 unspecified atom stereocenters. The molecule has 3 rings (SSSR count). The van der Waals surface area contributed by atoms with Gasteiger partial charge in [-0.3, -0.25) is 0 Å². The van der Waals surface area contributed by atoms with Crippen LogP contribution in [0.4, 0.5) is 5.95 Å². The minimum atomic E-state index is 0.361. The lowest BCUT2D eigenvalue weighted by atomic mass is 10.1. The third kappa shape index (κ3) is 3.57. The van der Waals surface area contributed by atoms with E-state index in [4.69, 9.17) is 5.73 Å². The predicted octanol–water partition coefficient (Wildman–Crippen LogP) is 4.25. The maximum Gasteiger partial charge on any atom is 0.220 e. The molecule has 2 aromatic carbocycles. The van der Waals surface area contributed by atoms with Crippen LogP contribution < -0.4 is 5.73 Å². The lowest BCUT2D eigenvalue weighted by Crippen LogP contribution is -2.01. The summed E-state index contributed by atoms with van der Waals surface area (Å²) in [4.78, 5) is 10.0. The highest BCUT2D eigenvalue weighted by Gasteiger charge is 2.05. The maximum atomic E-state index is 5.81. The summed E-state index contributed by atoms with van der Waals surface area (Å²) in [6.07, 6.45) is 1.99. The van der Waals surface area contributed by atoms with Crippen LogP contribution in [0.3, 0.4) is 0 Å². The number of nitrogens with zero attached hydrogens (tertiary/aromatic N) is 2. The summed E-state index contributed by atoms with van der Waals surface area (Å²) >= 11 is 1.88. The molecule has 0 aliphatic rings. The SMILES string of the molecule is Cc1ccc(SCCCc2nc(N)nc3ccccc23)cc1. The molecule has 0 saturated carbocycles. The quantitative estimate of drug-likeness (QED) is 0.565. The summed E-state index contributed by atoms with van der Waals surface area (Å²) in [6.45, 7) is 2.11. The van der Waals surface area contributed by atoms with Crippen molar-refractivity contribution in [1.82, 2.24) is 9.97 Å². The van der Waals surface area contributed by atoms with E-state index in [-0.39, 0.29) is 0 Å². The molecule has 0 atom stereocenters. The van der Waals surface area contributed by atoms with Crippen LogP contribution in [0.2, 0.25) is 0 Å². The van der Waals surface area contributed by atoms with E-state index >= 15 is 0 Å². The minimum Gasteiger partial charge on any atom is -0.368 e. The molecule has 1 aromatic heterocycles. The molecule has 1 heterocycles. The van der Waals surface area contributed by atoms with Crippen LogP contribution in [0.25, 0.3) is 10.9 Å². The van der Waals surface area contributed by atoms with Crippen molar-refractivity contribution in [2.24, 2.45) is 0 Å². The van der Waals surface area contributed by atoms with Gasteiger partial charge in [0.2, 0.25) is 5.95 Å². The second-order valence-corrected chi connectivity index (χ2v) is 6.48. The van der Waals surface area contributed by atoms with Crippen molar-refractivity contribution in [3.63, 3.8) is 0 Å². The van der Waals surface area contributed by atoms with Crippen molar-refractivity contribution in [2.75, 3.05) is 11.5 Å². The Kier molecular flexibility index (Phi) is 4.59. The summed E-state index contributed by atoms with van der Waals surface area (Å²) in [5.74, 6) is 1.43. The standard InChI is InChI=1S/C18H19N3S/c1-13-8-10-14(11-9-13)22-12-4-7-17-15-5-2-3-6-16(15)20-18(19)21-17/h2-3,5-6,8-11H,4,7,12H2,1H3,(H2,19,20,21). The first kappa shape index (κ1) is 14.9. The Balaban J connectivity index is 1.63. The summed E-state index contributed by atoms with van der Waals surface area (Å²) in [6, 6.07) is 16.7. The average molecular weight is 309 g/mol. The highest BCUT2D eigenvalue weighted by Crippen LogP contribution is 2.22. The van der Waals surface area contributed by atoms with E-state index in [1.807, 2.05) is 30.0 Å². The van der Waals surface area contributed by atoms with E-state index in [0.717, 1.165) is 35.2 Å². The van der Waals surface area contributed by atoms with Crippen molar-refractivity contribution < 1.29 is 0 Å². The maximum absolute atomic E-state index is 5.81. The number of hydrogen-bond acceptors (Lipinski definition) is 4. The van der Waals surface area contributed by atoms with E-state index in [2.05, 4.69) is 47.2 Å². The minimum absolute atomic E-state index is 0.361. The number of fused-ring (bicyclic) bond motifs is 1. The van der Waals surface area contributed by atoms with Crippen molar-refractivity contribution in [2.45, 2.75) is 24.7 Å². The fraction of sp³-hybridized carbons (Fsp3) is 0.222. The Morgan fingerprint density at radius 3 is 2.59 bits per heavy atom. The van der Waals surface area contributed by atoms with Gasteiger partial charge in [-0.2, -0.15) is 0 Å². The van der Waals surface area contributed by atoms with Gasteiger partial charge in [0.05, 0.1) is 11.2 Å². The van der Waals surface area contributed by atoms with Gasteiger partial charge in [-0.05, 0) is 43.7 Å². The molecular weight excluding hydrogens is 290 g/mol. The first-order valence-corrected chi connectivity index (χ1v) is 8.41. The van der Waals surface area contributed by atoms with E-state index < -0.39 is 0 Å². The zero-order valence-electron chi connectivity index (χ0n) is 12.6. The molecule has 0 radical (unpaired) electrons. The van der Waals surface area contributed by atoms with Gasteiger partial charge in [0.25, 0.3) is 0 Å². The second-order valence-electron chi connectivity index (χ2n) is 5.31. The highest BCUT2D eigenvalue weighted by atomic mass is 32.2. The van der Waals surface area contributed by atoms with Crippen LogP contribution in [0, 0.1) is 6.92 Å². The molecule has 0 bridgehead atoms. The Bertz CT molecular complexity index is 769. The number of anilines is 1. The zero-order chi connectivity index (χ0) is 15.4. The van der Waals surface area contributed by atoms with E-state index in [1.54, 1.807) is 0 Å². The molecule has 112 valence electrons. The topological polar surface area (TPSA) is 51.8 Å². The van der Waals surface area contributed by atoms with Crippen LogP contribution in [0.15, 0.2) is 53.4 Å². The zero-order valence-corrected chi connectivity index (χ0v) is 13.4. The van der Waals surface area contributed by atoms with E-state index in [0.29, 0.717) is 5.95 Å². The van der Waals surface area contributed by atoms with Crippen LogP contribution >= 0.6 is 11.8 Å². The molecular formula is C18H19N3S. The number of aryl methyl sites for hydroxylation is 2. The van der Waals surface area contributed by atoms with Gasteiger partial charge in [0, 0.05) is 10.3 Å². The van der Waals surface area contributed by atoms with Gasteiger partial charge in [-0.15, -0.1) is 11.8 Å². The Morgan fingerprint density at radius 2 is 1.77 bits per heavy atom. The third-order valence-electron chi connectivity index (χ3n) is 3.55. The first-order valence-electron chi connectivity index (χ1n) is 7.43. The third-order valence-corrected chi connectivity index (χ3v) is 4.65. The van der Waals surface area contributed by atoms with Crippen molar-refractivity contribution in [3.8, 4) is 0 Å². The normalized spacial score (nSPS) is 11.0. The molecule has 4 heteroatoms. The summed E-state index contributed by atoms with van der Waals surface area (Å²) in [5.41, 5.74) is 9.08. The smallest absolute Gasteiger partial charge is 0.220 e. The molecule has 0 spiro atoms. The van der Waals surface area contributed by atoms with Crippen LogP contribution in [0.5, 0.6) is 0 Å². The fourth-order valence-corrected chi connectivity index (χ4v) is 3.27. The summed E-state index contributed by atoms with van der Waals surface area (Å²) < 4.78 is 0. The molecule has 0 aliphatic heterocycles. The molecule has 0 amide bonds. The summed E-state index contributed by atoms with van der Waals surface area (Å²) in [7, 11) is 0. The molecule has 0 saturated heterocycles. The molecule has 3 nitrogen and oxygen atoms in total. The number of aromatic nitrogens is 2. The van der Waals surface area contributed by atoms with E-state index in [9.17, 15) is 0 Å². The predicted molar refractivity (Wildman–Crippen MR) is 94.2 cm³/mol. The fourth-order valence-electron chi connectivity index (χ4n) is 2.42. The van der Waals surface area contributed by atoms with Crippen molar-refractivity contribution >= 4 is 28.6 Å². The largest absolute Gasteiger partial charge is 0.368 e. The highest BCUT2D eigenvalue weighted by molar-refractivity contribution is 7.99. The van der Waals surface area contributed by atoms with Gasteiger partial charge < -0.3 is 5.73 Å². The molecule has 0 aliphatic carbocycles.